The lowest BCUT2D eigenvalue weighted by molar-refractivity contribution is 0.0963. The molecule has 1 aliphatic rings. The van der Waals surface area contributed by atoms with Crippen LogP contribution in [0.15, 0.2) is 42.5 Å². The Morgan fingerprint density at radius 2 is 1.62 bits per heavy atom. The highest BCUT2D eigenvalue weighted by Gasteiger charge is 2.20. The third-order valence-corrected chi connectivity index (χ3v) is 6.45. The molecule has 0 bridgehead atoms. The number of amides is 3. The first kappa shape index (κ1) is 24.0. The number of hydrogen-bond acceptors (Lipinski definition) is 3. The predicted molar refractivity (Wildman–Crippen MR) is 132 cm³/mol. The summed E-state index contributed by atoms with van der Waals surface area (Å²) in [4.78, 5) is 24.7. The molecule has 4 rings (SSSR count). The van der Waals surface area contributed by atoms with E-state index in [9.17, 15) is 14.0 Å². The zero-order valence-electron chi connectivity index (χ0n) is 18.7. The third-order valence-electron chi connectivity index (χ3n) is 5.78. The highest BCUT2D eigenvalue weighted by Crippen LogP contribution is 2.39. The van der Waals surface area contributed by atoms with Crippen molar-refractivity contribution in [1.82, 2.24) is 5.32 Å². The molecule has 3 aromatic carbocycles. The fourth-order valence-electron chi connectivity index (χ4n) is 4.22. The maximum Gasteiger partial charge on any atom is 0.326 e. The summed E-state index contributed by atoms with van der Waals surface area (Å²) in [6.45, 7) is 3.75. The minimum Gasteiger partial charge on any atom is -0.457 e. The quantitative estimate of drug-likeness (QED) is 0.392. The number of carbonyl (C=O) groups is 2. The van der Waals surface area contributed by atoms with Crippen LogP contribution in [-0.4, -0.2) is 11.9 Å². The normalized spacial score (nSPS) is 12.6. The molecule has 0 saturated carbocycles. The number of halogens is 3. The van der Waals surface area contributed by atoms with E-state index in [2.05, 4.69) is 10.6 Å². The Hall–Kier alpha value is -3.09. The van der Waals surface area contributed by atoms with Gasteiger partial charge < -0.3 is 10.1 Å². The second-order valence-electron chi connectivity index (χ2n) is 8.26. The fraction of sp³-hybridized carbons (Fsp3) is 0.231. The fourth-order valence-corrected chi connectivity index (χ4v) is 4.74. The minimum atomic E-state index is -0.929. The number of imide groups is 1. The van der Waals surface area contributed by atoms with Crippen LogP contribution in [0.3, 0.4) is 0 Å². The molecule has 0 aromatic heterocycles. The molecule has 5 nitrogen and oxygen atoms in total. The van der Waals surface area contributed by atoms with Gasteiger partial charge in [0.2, 0.25) is 0 Å². The molecular formula is C26H23Cl2FN2O3. The van der Waals surface area contributed by atoms with Gasteiger partial charge in [-0.05, 0) is 98.2 Å². The standard InChI is InChI=1S/C26H23Cl2FN2O3/c1-14-12-16(30-26(33)31-25(32)23-20(28)8-5-9-21(23)29)13-15(2)24(14)34-22-11-10-19(27)17-6-3-4-7-18(17)22/h5,8-13H,3-4,6-7H2,1-2H3,(H2,30,31,32,33). The minimum absolute atomic E-state index is 0.0807. The Morgan fingerprint density at radius 3 is 2.29 bits per heavy atom. The van der Waals surface area contributed by atoms with Crippen molar-refractivity contribution in [3.8, 4) is 11.5 Å². The zero-order chi connectivity index (χ0) is 24.4. The monoisotopic (exact) mass is 500 g/mol. The van der Waals surface area contributed by atoms with Gasteiger partial charge >= 0.3 is 6.03 Å². The molecule has 0 heterocycles. The summed E-state index contributed by atoms with van der Waals surface area (Å²) in [5.74, 6) is -0.261. The summed E-state index contributed by atoms with van der Waals surface area (Å²) in [6.07, 6.45) is 4.07. The van der Waals surface area contributed by atoms with Gasteiger partial charge in [0.05, 0.1) is 10.6 Å². The van der Waals surface area contributed by atoms with Gasteiger partial charge in [-0.3, -0.25) is 10.1 Å². The van der Waals surface area contributed by atoms with Crippen LogP contribution < -0.4 is 15.4 Å². The maximum atomic E-state index is 13.9. The maximum absolute atomic E-state index is 13.9. The molecule has 0 spiro atoms. The average molecular weight is 501 g/mol. The number of urea groups is 1. The topological polar surface area (TPSA) is 67.4 Å². The summed E-state index contributed by atoms with van der Waals surface area (Å²) >= 11 is 12.3. The number of carbonyl (C=O) groups excluding carboxylic acids is 2. The van der Waals surface area contributed by atoms with E-state index in [-0.39, 0.29) is 10.6 Å². The Kier molecular flexibility index (Phi) is 7.10. The lowest BCUT2D eigenvalue weighted by Gasteiger charge is -2.22. The molecule has 0 saturated heterocycles. The van der Waals surface area contributed by atoms with E-state index in [1.54, 1.807) is 12.1 Å². The smallest absolute Gasteiger partial charge is 0.326 e. The molecule has 0 radical (unpaired) electrons. The zero-order valence-corrected chi connectivity index (χ0v) is 20.2. The van der Waals surface area contributed by atoms with Crippen LogP contribution in [0.1, 0.15) is 45.5 Å². The lowest BCUT2D eigenvalue weighted by Crippen LogP contribution is -2.35. The predicted octanol–water partition coefficient (Wildman–Crippen LogP) is 7.38. The first-order valence-corrected chi connectivity index (χ1v) is 11.7. The van der Waals surface area contributed by atoms with E-state index < -0.39 is 17.8 Å². The van der Waals surface area contributed by atoms with Crippen molar-refractivity contribution in [3.63, 3.8) is 0 Å². The van der Waals surface area contributed by atoms with Crippen LogP contribution in [0.25, 0.3) is 0 Å². The van der Waals surface area contributed by atoms with Gasteiger partial charge in [0.15, 0.2) is 0 Å². The van der Waals surface area contributed by atoms with Crippen LogP contribution in [0, 0.1) is 19.7 Å². The average Bonchev–Trinajstić information content (AvgIpc) is 2.77. The molecule has 0 fully saturated rings. The van der Waals surface area contributed by atoms with E-state index in [0.717, 1.165) is 64.8 Å². The molecule has 2 N–H and O–H groups in total. The van der Waals surface area contributed by atoms with Gasteiger partial charge in [-0.15, -0.1) is 0 Å². The second-order valence-corrected chi connectivity index (χ2v) is 9.07. The van der Waals surface area contributed by atoms with Gasteiger partial charge in [0.25, 0.3) is 5.91 Å². The van der Waals surface area contributed by atoms with Crippen LogP contribution >= 0.6 is 23.2 Å². The molecule has 0 unspecified atom stereocenters. The number of hydrogen-bond donors (Lipinski definition) is 2. The van der Waals surface area contributed by atoms with Gasteiger partial charge in [-0.1, -0.05) is 29.3 Å². The van der Waals surface area contributed by atoms with Crippen LogP contribution in [0.5, 0.6) is 11.5 Å². The number of benzene rings is 3. The van der Waals surface area contributed by atoms with Gasteiger partial charge in [-0.25, -0.2) is 9.18 Å². The summed E-state index contributed by atoms with van der Waals surface area (Å²) in [7, 11) is 0. The van der Waals surface area contributed by atoms with Crippen LogP contribution in [-0.2, 0) is 12.8 Å². The van der Waals surface area contributed by atoms with Crippen molar-refractivity contribution in [2.75, 3.05) is 5.32 Å². The molecule has 1 aliphatic carbocycles. The van der Waals surface area contributed by atoms with Crippen LogP contribution in [0.4, 0.5) is 14.9 Å². The molecule has 0 atom stereocenters. The van der Waals surface area contributed by atoms with Crippen molar-refractivity contribution in [2.24, 2.45) is 0 Å². The Morgan fingerprint density at radius 1 is 0.941 bits per heavy atom. The number of aryl methyl sites for hydroxylation is 2. The van der Waals surface area contributed by atoms with E-state index in [0.29, 0.717) is 11.4 Å². The van der Waals surface area contributed by atoms with Gasteiger partial charge in [0, 0.05) is 10.7 Å². The van der Waals surface area contributed by atoms with Gasteiger partial charge in [-0.2, -0.15) is 0 Å². The number of rotatable bonds is 4. The molecule has 3 amide bonds. The van der Waals surface area contributed by atoms with Crippen molar-refractivity contribution >= 4 is 40.8 Å². The molecule has 34 heavy (non-hydrogen) atoms. The third kappa shape index (κ3) is 5.03. The van der Waals surface area contributed by atoms with E-state index in [1.807, 2.05) is 26.0 Å². The number of fused-ring (bicyclic) bond motifs is 1. The summed E-state index contributed by atoms with van der Waals surface area (Å²) in [6, 6.07) is 10.3. The molecule has 8 heteroatoms. The van der Waals surface area contributed by atoms with E-state index in [1.165, 1.54) is 12.1 Å². The first-order chi connectivity index (χ1) is 16.2. The van der Waals surface area contributed by atoms with Crippen molar-refractivity contribution in [2.45, 2.75) is 39.5 Å². The van der Waals surface area contributed by atoms with E-state index >= 15 is 0 Å². The van der Waals surface area contributed by atoms with Crippen molar-refractivity contribution in [1.29, 1.82) is 0 Å². The second kappa shape index (κ2) is 10.0. The summed E-state index contributed by atoms with van der Waals surface area (Å²) in [5.41, 5.74) is 3.98. The summed E-state index contributed by atoms with van der Waals surface area (Å²) in [5, 5.41) is 5.39. The van der Waals surface area contributed by atoms with Crippen molar-refractivity contribution < 1.29 is 18.7 Å². The van der Waals surface area contributed by atoms with Crippen LogP contribution in [0.2, 0.25) is 10.0 Å². The summed E-state index contributed by atoms with van der Waals surface area (Å²) < 4.78 is 20.2. The molecule has 176 valence electrons. The molecule has 0 aliphatic heterocycles. The first-order valence-electron chi connectivity index (χ1n) is 10.9. The number of ether oxygens (including phenoxy) is 1. The molecule has 3 aromatic rings. The number of anilines is 1. The molecular weight excluding hydrogens is 478 g/mol. The highest BCUT2D eigenvalue weighted by molar-refractivity contribution is 6.34. The van der Waals surface area contributed by atoms with E-state index in [4.69, 9.17) is 27.9 Å². The largest absolute Gasteiger partial charge is 0.457 e. The highest BCUT2D eigenvalue weighted by atomic mass is 35.5. The Bertz CT molecular complexity index is 1250. The van der Waals surface area contributed by atoms with Gasteiger partial charge in [0.1, 0.15) is 17.3 Å². The SMILES string of the molecule is Cc1cc(NC(=O)NC(=O)c2c(F)cccc2Cl)cc(C)c1Oc1ccc(Cl)c2c1CCCC2. The van der Waals surface area contributed by atoms with Crippen molar-refractivity contribution in [3.05, 3.63) is 86.1 Å². The lowest BCUT2D eigenvalue weighted by atomic mass is 9.91. The number of nitrogens with one attached hydrogen (secondary N) is 2. The Labute approximate surface area is 207 Å². The Balaban J connectivity index is 1.50.